The molecule has 0 aliphatic carbocycles. The van der Waals surface area contributed by atoms with Gasteiger partial charge in [0.2, 0.25) is 11.8 Å². The van der Waals surface area contributed by atoms with Gasteiger partial charge in [0.25, 0.3) is 0 Å². The van der Waals surface area contributed by atoms with Gasteiger partial charge in [0, 0.05) is 30.2 Å². The van der Waals surface area contributed by atoms with Gasteiger partial charge in [-0.3, -0.25) is 14.6 Å². The first-order chi connectivity index (χ1) is 10.5. The van der Waals surface area contributed by atoms with Crippen LogP contribution in [0.25, 0.3) is 0 Å². The van der Waals surface area contributed by atoms with Crippen LogP contribution in [0.3, 0.4) is 0 Å². The zero-order chi connectivity index (χ0) is 15.9. The quantitative estimate of drug-likeness (QED) is 0.859. The Bertz CT molecular complexity index is 623. The van der Waals surface area contributed by atoms with E-state index in [-0.39, 0.29) is 24.3 Å². The lowest BCUT2D eigenvalue weighted by atomic mass is 10.1. The van der Waals surface area contributed by atoms with Crippen molar-refractivity contribution >= 4 is 23.2 Å². The number of amides is 2. The van der Waals surface area contributed by atoms with Gasteiger partial charge in [-0.15, -0.1) is 11.3 Å². The van der Waals surface area contributed by atoms with Crippen molar-refractivity contribution in [1.29, 1.82) is 0 Å². The largest absolute Gasteiger partial charge is 0.352 e. The van der Waals surface area contributed by atoms with E-state index in [1.54, 1.807) is 6.20 Å². The molecule has 2 rings (SSSR count). The molecule has 2 aromatic rings. The van der Waals surface area contributed by atoms with E-state index in [2.05, 4.69) is 15.6 Å². The molecule has 22 heavy (non-hydrogen) atoms. The van der Waals surface area contributed by atoms with Crippen LogP contribution in [0.4, 0.5) is 0 Å². The number of nitrogens with zero attached hydrogens (tertiary/aromatic N) is 1. The monoisotopic (exact) mass is 317 g/mol. The molecular formula is C16H19N3O2S. The van der Waals surface area contributed by atoms with Crippen LogP contribution in [0.5, 0.6) is 0 Å². The number of carbonyl (C=O) groups is 2. The number of aromatic nitrogens is 1. The van der Waals surface area contributed by atoms with Crippen LogP contribution in [-0.4, -0.2) is 16.8 Å². The predicted octanol–water partition coefficient (Wildman–Crippen LogP) is 2.34. The maximum atomic E-state index is 12.1. The van der Waals surface area contributed by atoms with Crippen molar-refractivity contribution in [3.05, 3.63) is 52.0 Å². The Hall–Kier alpha value is -2.21. The normalized spacial score (nSPS) is 11.7. The SMILES string of the molecule is CC(=O)NC(CC(=O)NCc1ccc(C)nc1)c1cccs1. The maximum Gasteiger partial charge on any atom is 0.222 e. The number of rotatable bonds is 6. The standard InChI is InChI=1S/C16H19N3O2S/c1-11-5-6-13(9-17-11)10-18-16(21)8-14(19-12(2)20)15-4-3-7-22-15/h3-7,9,14H,8,10H2,1-2H3,(H,18,21)(H,19,20). The van der Waals surface area contributed by atoms with Crippen molar-refractivity contribution in [3.8, 4) is 0 Å². The number of hydrogen-bond donors (Lipinski definition) is 2. The summed E-state index contributed by atoms with van der Waals surface area (Å²) >= 11 is 1.53. The van der Waals surface area contributed by atoms with Crippen LogP contribution in [0.15, 0.2) is 35.8 Å². The van der Waals surface area contributed by atoms with E-state index in [4.69, 9.17) is 0 Å². The van der Waals surface area contributed by atoms with E-state index in [0.717, 1.165) is 16.1 Å². The van der Waals surface area contributed by atoms with Crippen LogP contribution >= 0.6 is 11.3 Å². The molecule has 1 unspecified atom stereocenters. The van der Waals surface area contributed by atoms with E-state index in [9.17, 15) is 9.59 Å². The summed E-state index contributed by atoms with van der Waals surface area (Å²) in [5.41, 5.74) is 1.89. The molecule has 2 amide bonds. The molecule has 6 heteroatoms. The van der Waals surface area contributed by atoms with Gasteiger partial charge in [-0.05, 0) is 30.0 Å². The highest BCUT2D eigenvalue weighted by Gasteiger charge is 2.17. The first-order valence-corrected chi connectivity index (χ1v) is 7.91. The summed E-state index contributed by atoms with van der Waals surface area (Å²) in [6.45, 7) is 3.81. The van der Waals surface area contributed by atoms with Gasteiger partial charge < -0.3 is 10.6 Å². The molecule has 1 atom stereocenters. The summed E-state index contributed by atoms with van der Waals surface area (Å²) in [5.74, 6) is -0.248. The fraction of sp³-hybridized carbons (Fsp3) is 0.312. The average Bonchev–Trinajstić information content (AvgIpc) is 3.00. The lowest BCUT2D eigenvalue weighted by Crippen LogP contribution is -2.32. The highest BCUT2D eigenvalue weighted by atomic mass is 32.1. The molecule has 0 spiro atoms. The van der Waals surface area contributed by atoms with Crippen LogP contribution in [0.2, 0.25) is 0 Å². The molecule has 116 valence electrons. The summed E-state index contributed by atoms with van der Waals surface area (Å²) < 4.78 is 0. The molecular weight excluding hydrogens is 298 g/mol. The molecule has 0 aliphatic heterocycles. The summed E-state index contributed by atoms with van der Waals surface area (Å²) in [4.78, 5) is 28.6. The smallest absolute Gasteiger partial charge is 0.222 e. The van der Waals surface area contributed by atoms with Gasteiger partial charge in [0.05, 0.1) is 12.5 Å². The van der Waals surface area contributed by atoms with Crippen molar-refractivity contribution < 1.29 is 9.59 Å². The van der Waals surface area contributed by atoms with E-state index < -0.39 is 0 Å². The minimum absolute atomic E-state index is 0.104. The first-order valence-electron chi connectivity index (χ1n) is 7.03. The van der Waals surface area contributed by atoms with Gasteiger partial charge >= 0.3 is 0 Å². The Morgan fingerprint density at radius 1 is 1.32 bits per heavy atom. The Morgan fingerprint density at radius 2 is 2.14 bits per heavy atom. The van der Waals surface area contributed by atoms with Crippen LogP contribution in [-0.2, 0) is 16.1 Å². The summed E-state index contributed by atoms with van der Waals surface area (Å²) in [6, 6.07) is 7.39. The van der Waals surface area contributed by atoms with E-state index in [1.807, 2.05) is 36.6 Å². The molecule has 0 fully saturated rings. The number of carbonyl (C=O) groups excluding carboxylic acids is 2. The second kappa shape index (κ2) is 7.70. The second-order valence-corrected chi connectivity index (χ2v) is 6.04. The lowest BCUT2D eigenvalue weighted by molar-refractivity contribution is -0.122. The van der Waals surface area contributed by atoms with Crippen LogP contribution in [0, 0.1) is 6.92 Å². The third-order valence-electron chi connectivity index (χ3n) is 3.12. The second-order valence-electron chi connectivity index (χ2n) is 5.06. The summed E-state index contributed by atoms with van der Waals surface area (Å²) in [7, 11) is 0. The Labute approximate surface area is 133 Å². The maximum absolute atomic E-state index is 12.1. The molecule has 2 heterocycles. The zero-order valence-corrected chi connectivity index (χ0v) is 13.4. The van der Waals surface area contributed by atoms with Crippen LogP contribution < -0.4 is 10.6 Å². The van der Waals surface area contributed by atoms with E-state index in [1.165, 1.54) is 18.3 Å². The van der Waals surface area contributed by atoms with Crippen molar-refractivity contribution in [3.63, 3.8) is 0 Å². The Morgan fingerprint density at radius 3 is 2.73 bits per heavy atom. The Kier molecular flexibility index (Phi) is 5.66. The first kappa shape index (κ1) is 16.2. The molecule has 2 aromatic heterocycles. The number of thiophene rings is 1. The minimum atomic E-state index is -0.284. The number of aryl methyl sites for hydroxylation is 1. The van der Waals surface area contributed by atoms with Crippen molar-refractivity contribution in [2.75, 3.05) is 0 Å². The number of hydrogen-bond acceptors (Lipinski definition) is 4. The fourth-order valence-electron chi connectivity index (χ4n) is 2.02. The van der Waals surface area contributed by atoms with Crippen molar-refractivity contribution in [2.24, 2.45) is 0 Å². The highest BCUT2D eigenvalue weighted by molar-refractivity contribution is 7.10. The van der Waals surface area contributed by atoms with Gasteiger partial charge in [0.15, 0.2) is 0 Å². The number of pyridine rings is 1. The van der Waals surface area contributed by atoms with Gasteiger partial charge in [0.1, 0.15) is 0 Å². The zero-order valence-electron chi connectivity index (χ0n) is 12.6. The molecule has 0 aliphatic rings. The van der Waals surface area contributed by atoms with Gasteiger partial charge in [-0.1, -0.05) is 12.1 Å². The van der Waals surface area contributed by atoms with E-state index in [0.29, 0.717) is 6.54 Å². The molecule has 0 aromatic carbocycles. The minimum Gasteiger partial charge on any atom is -0.352 e. The third-order valence-corrected chi connectivity index (χ3v) is 4.10. The fourth-order valence-corrected chi connectivity index (χ4v) is 2.80. The molecule has 0 saturated carbocycles. The highest BCUT2D eigenvalue weighted by Crippen LogP contribution is 2.22. The molecule has 0 bridgehead atoms. The predicted molar refractivity (Wildman–Crippen MR) is 86.3 cm³/mol. The average molecular weight is 317 g/mol. The topological polar surface area (TPSA) is 71.1 Å². The molecule has 0 radical (unpaired) electrons. The Balaban J connectivity index is 1.90. The third kappa shape index (κ3) is 4.96. The number of nitrogens with one attached hydrogen (secondary N) is 2. The van der Waals surface area contributed by atoms with Crippen LogP contribution in [0.1, 0.15) is 35.5 Å². The van der Waals surface area contributed by atoms with Crippen molar-refractivity contribution in [1.82, 2.24) is 15.6 Å². The summed E-state index contributed by atoms with van der Waals surface area (Å²) in [5, 5.41) is 7.61. The molecule has 0 saturated heterocycles. The van der Waals surface area contributed by atoms with Gasteiger partial charge in [-0.2, -0.15) is 0 Å². The van der Waals surface area contributed by atoms with Crippen molar-refractivity contribution in [2.45, 2.75) is 32.9 Å². The van der Waals surface area contributed by atoms with Gasteiger partial charge in [-0.25, -0.2) is 0 Å². The lowest BCUT2D eigenvalue weighted by Gasteiger charge is -2.16. The molecule has 2 N–H and O–H groups in total. The van der Waals surface area contributed by atoms with E-state index >= 15 is 0 Å². The molecule has 5 nitrogen and oxygen atoms in total. The summed E-state index contributed by atoms with van der Waals surface area (Å²) in [6.07, 6.45) is 1.97.